The van der Waals surface area contributed by atoms with Crippen LogP contribution in [0.3, 0.4) is 0 Å². The Labute approximate surface area is 116 Å². The fourth-order valence-electron chi connectivity index (χ4n) is 2.49. The monoisotopic (exact) mass is 274 g/mol. The number of fused-ring (bicyclic) bond motifs is 1. The van der Waals surface area contributed by atoms with Gasteiger partial charge in [0.2, 0.25) is 5.76 Å². The lowest BCUT2D eigenvalue weighted by Gasteiger charge is -2.32. The molecule has 1 saturated heterocycles. The second-order valence-corrected chi connectivity index (χ2v) is 5.15. The van der Waals surface area contributed by atoms with Gasteiger partial charge in [-0.3, -0.25) is 0 Å². The second-order valence-electron chi connectivity index (χ2n) is 5.15. The molecular formula is C14H15FN4O. The summed E-state index contributed by atoms with van der Waals surface area (Å²) in [6.07, 6.45) is 1.39. The molecular weight excluding hydrogens is 259 g/mol. The molecule has 0 saturated carbocycles. The molecule has 20 heavy (non-hydrogen) atoms. The molecule has 0 aromatic carbocycles. The fourth-order valence-corrected chi connectivity index (χ4v) is 2.49. The summed E-state index contributed by atoms with van der Waals surface area (Å²) in [6, 6.07) is 5.16. The Hall–Kier alpha value is -2.13. The van der Waals surface area contributed by atoms with Gasteiger partial charge in [0.1, 0.15) is 18.1 Å². The summed E-state index contributed by atoms with van der Waals surface area (Å²) in [5.41, 5.74) is 0.562. The molecule has 0 unspecified atom stereocenters. The van der Waals surface area contributed by atoms with Crippen LogP contribution in [0.4, 0.5) is 10.2 Å². The summed E-state index contributed by atoms with van der Waals surface area (Å²) in [7, 11) is 1.92. The number of likely N-dealkylation sites (tertiary alicyclic amines) is 1. The van der Waals surface area contributed by atoms with Gasteiger partial charge in [0.25, 0.3) is 0 Å². The lowest BCUT2D eigenvalue weighted by Crippen LogP contribution is -2.46. The number of nitriles is 1. The highest BCUT2D eigenvalue weighted by atomic mass is 19.1. The van der Waals surface area contributed by atoms with Crippen LogP contribution in [-0.4, -0.2) is 42.2 Å². The zero-order chi connectivity index (χ0) is 14.1. The Morgan fingerprint density at radius 2 is 2.40 bits per heavy atom. The van der Waals surface area contributed by atoms with Crippen molar-refractivity contribution in [3.8, 4) is 6.07 Å². The number of rotatable bonds is 2. The third kappa shape index (κ3) is 2.45. The van der Waals surface area contributed by atoms with Crippen LogP contribution in [0.5, 0.6) is 0 Å². The van der Waals surface area contributed by atoms with Crippen LogP contribution in [0.25, 0.3) is 11.0 Å². The highest BCUT2D eigenvalue weighted by molar-refractivity contribution is 5.80. The van der Waals surface area contributed by atoms with Crippen molar-refractivity contribution in [2.24, 2.45) is 0 Å². The number of anilines is 1. The van der Waals surface area contributed by atoms with E-state index in [4.69, 9.17) is 9.68 Å². The van der Waals surface area contributed by atoms with Crippen LogP contribution in [0, 0.1) is 11.3 Å². The first-order chi connectivity index (χ1) is 9.65. The van der Waals surface area contributed by atoms with Crippen molar-refractivity contribution in [1.82, 2.24) is 9.88 Å². The molecule has 0 spiro atoms. The second kappa shape index (κ2) is 5.10. The van der Waals surface area contributed by atoms with Gasteiger partial charge < -0.3 is 14.6 Å². The number of hydrogen-bond acceptors (Lipinski definition) is 5. The summed E-state index contributed by atoms with van der Waals surface area (Å²) in [6.45, 7) is 1.30. The number of hydrogen-bond donors (Lipinski definition) is 1. The van der Waals surface area contributed by atoms with E-state index >= 15 is 0 Å². The van der Waals surface area contributed by atoms with Crippen LogP contribution >= 0.6 is 0 Å². The van der Waals surface area contributed by atoms with Gasteiger partial charge in [-0.25, -0.2) is 9.37 Å². The lowest BCUT2D eigenvalue weighted by molar-refractivity contribution is 0.149. The number of alkyl halides is 1. The van der Waals surface area contributed by atoms with Gasteiger partial charge >= 0.3 is 0 Å². The van der Waals surface area contributed by atoms with Crippen molar-refractivity contribution >= 4 is 16.8 Å². The van der Waals surface area contributed by atoms with E-state index in [1.807, 2.05) is 18.0 Å². The summed E-state index contributed by atoms with van der Waals surface area (Å²) in [5.74, 6) is 0.863. The molecule has 5 nitrogen and oxygen atoms in total. The van der Waals surface area contributed by atoms with Gasteiger partial charge in [0.15, 0.2) is 5.58 Å². The van der Waals surface area contributed by atoms with Gasteiger partial charge in [-0.2, -0.15) is 5.26 Å². The Bertz CT molecular complexity index is 663. The molecule has 0 aliphatic carbocycles. The predicted octanol–water partition coefficient (Wildman–Crippen LogP) is 2.15. The largest absolute Gasteiger partial charge is 0.444 e. The van der Waals surface area contributed by atoms with E-state index in [1.54, 1.807) is 18.3 Å². The number of pyridine rings is 1. The number of aromatic nitrogens is 1. The maximum Gasteiger partial charge on any atom is 0.204 e. The van der Waals surface area contributed by atoms with Crippen LogP contribution in [0.2, 0.25) is 0 Å². The molecule has 104 valence electrons. The highest BCUT2D eigenvalue weighted by Gasteiger charge is 2.27. The third-order valence-corrected chi connectivity index (χ3v) is 3.59. The molecule has 1 aliphatic rings. The average molecular weight is 274 g/mol. The molecule has 1 fully saturated rings. The van der Waals surface area contributed by atoms with Crippen LogP contribution in [0.1, 0.15) is 12.2 Å². The van der Waals surface area contributed by atoms with Gasteiger partial charge in [0, 0.05) is 24.5 Å². The summed E-state index contributed by atoms with van der Waals surface area (Å²) in [4.78, 5) is 6.19. The van der Waals surface area contributed by atoms with E-state index in [0.717, 1.165) is 18.4 Å². The first kappa shape index (κ1) is 12.9. The molecule has 6 heteroatoms. The third-order valence-electron chi connectivity index (χ3n) is 3.59. The van der Waals surface area contributed by atoms with E-state index < -0.39 is 6.17 Å². The van der Waals surface area contributed by atoms with Crippen molar-refractivity contribution in [1.29, 1.82) is 5.26 Å². The molecule has 0 amide bonds. The predicted molar refractivity (Wildman–Crippen MR) is 73.1 cm³/mol. The van der Waals surface area contributed by atoms with Gasteiger partial charge in [-0.15, -0.1) is 0 Å². The minimum Gasteiger partial charge on any atom is -0.444 e. The molecule has 1 N–H and O–H groups in total. The molecule has 1 aliphatic heterocycles. The standard InChI is InChI=1S/C14H15FN4O/c1-19-3-2-12(11(15)8-19)18-14-5-9-4-10(6-16)20-13(9)7-17-14/h4-5,7,11-12H,2-3,8H2,1H3,(H,17,18)/t11-,12+/m1/s1. The SMILES string of the molecule is CN1CC[C@H](Nc2cc3cc(C#N)oc3cn2)[C@H](F)C1. The van der Waals surface area contributed by atoms with Crippen molar-refractivity contribution in [3.05, 3.63) is 24.1 Å². The Morgan fingerprint density at radius 3 is 3.15 bits per heavy atom. The number of furan rings is 1. The van der Waals surface area contributed by atoms with Crippen molar-refractivity contribution < 1.29 is 8.81 Å². The maximum absolute atomic E-state index is 14.0. The van der Waals surface area contributed by atoms with E-state index in [0.29, 0.717) is 17.9 Å². The number of halogens is 1. The van der Waals surface area contributed by atoms with Crippen molar-refractivity contribution in [2.45, 2.75) is 18.6 Å². The zero-order valence-corrected chi connectivity index (χ0v) is 11.1. The minimum absolute atomic E-state index is 0.224. The van der Waals surface area contributed by atoms with Crippen molar-refractivity contribution in [2.75, 3.05) is 25.5 Å². The summed E-state index contributed by atoms with van der Waals surface area (Å²) >= 11 is 0. The Balaban J connectivity index is 1.79. The van der Waals surface area contributed by atoms with E-state index in [-0.39, 0.29) is 11.8 Å². The minimum atomic E-state index is -0.912. The topological polar surface area (TPSA) is 65.1 Å². The van der Waals surface area contributed by atoms with E-state index in [9.17, 15) is 4.39 Å². The van der Waals surface area contributed by atoms with Gasteiger partial charge in [-0.1, -0.05) is 0 Å². The number of nitrogens with one attached hydrogen (secondary N) is 1. The molecule has 2 aromatic rings. The summed E-state index contributed by atoms with van der Waals surface area (Å²) < 4.78 is 19.2. The molecule has 3 heterocycles. The van der Waals surface area contributed by atoms with E-state index in [2.05, 4.69) is 10.3 Å². The molecule has 2 atom stereocenters. The quantitative estimate of drug-likeness (QED) is 0.909. The Kier molecular flexibility index (Phi) is 3.28. The van der Waals surface area contributed by atoms with Crippen LogP contribution < -0.4 is 5.32 Å². The average Bonchev–Trinajstić information content (AvgIpc) is 2.84. The normalized spacial score (nSPS) is 23.6. The van der Waals surface area contributed by atoms with Gasteiger partial charge in [-0.05, 0) is 19.5 Å². The van der Waals surface area contributed by atoms with Crippen LogP contribution in [-0.2, 0) is 0 Å². The fraction of sp³-hybridized carbons (Fsp3) is 0.429. The molecule has 3 rings (SSSR count). The first-order valence-electron chi connectivity index (χ1n) is 6.54. The molecule has 0 radical (unpaired) electrons. The maximum atomic E-state index is 14.0. The van der Waals surface area contributed by atoms with Crippen LogP contribution in [0.15, 0.2) is 22.7 Å². The number of nitrogens with zero attached hydrogens (tertiary/aromatic N) is 3. The van der Waals surface area contributed by atoms with Crippen molar-refractivity contribution in [3.63, 3.8) is 0 Å². The van der Waals surface area contributed by atoms with E-state index in [1.165, 1.54) is 0 Å². The number of piperidine rings is 1. The zero-order valence-electron chi connectivity index (χ0n) is 11.1. The van der Waals surface area contributed by atoms with Gasteiger partial charge in [0.05, 0.1) is 12.2 Å². The summed E-state index contributed by atoms with van der Waals surface area (Å²) in [5, 5.41) is 12.7. The molecule has 2 aromatic heterocycles. The smallest absolute Gasteiger partial charge is 0.204 e. The first-order valence-corrected chi connectivity index (χ1v) is 6.54. The highest BCUT2D eigenvalue weighted by Crippen LogP contribution is 2.23. The molecule has 0 bridgehead atoms. The Morgan fingerprint density at radius 1 is 1.55 bits per heavy atom. The lowest BCUT2D eigenvalue weighted by atomic mass is 10.0.